The van der Waals surface area contributed by atoms with Crippen LogP contribution in [-0.4, -0.2) is 38.3 Å². The lowest BCUT2D eigenvalue weighted by Crippen LogP contribution is -2.48. The van der Waals surface area contributed by atoms with Crippen LogP contribution in [0.5, 0.6) is 0 Å². The van der Waals surface area contributed by atoms with Crippen molar-refractivity contribution in [2.24, 2.45) is 11.8 Å². The van der Waals surface area contributed by atoms with Gasteiger partial charge in [-0.2, -0.15) is 22.5 Å². The number of halogens is 3. The number of anilines is 2. The molecular formula is C24H27F3N6S. The summed E-state index contributed by atoms with van der Waals surface area (Å²) in [7, 11) is 0. The number of benzene rings is 1. The van der Waals surface area contributed by atoms with Crippen molar-refractivity contribution in [2.75, 3.05) is 23.3 Å². The van der Waals surface area contributed by atoms with Crippen molar-refractivity contribution in [3.8, 4) is 0 Å². The first-order valence-electron chi connectivity index (χ1n) is 11.9. The highest BCUT2D eigenvalue weighted by Gasteiger charge is 2.43. The molecule has 0 radical (unpaired) electrons. The van der Waals surface area contributed by atoms with E-state index in [-0.39, 0.29) is 6.04 Å². The Balaban J connectivity index is 1.23. The Morgan fingerprint density at radius 2 is 1.85 bits per heavy atom. The van der Waals surface area contributed by atoms with Crippen LogP contribution in [0.1, 0.15) is 54.2 Å². The molecule has 2 aromatic heterocycles. The third-order valence-electron chi connectivity index (χ3n) is 7.57. The first-order chi connectivity index (χ1) is 16.4. The molecular weight excluding hydrogens is 461 g/mol. The lowest BCUT2D eigenvalue weighted by atomic mass is 9.88. The van der Waals surface area contributed by atoms with Crippen LogP contribution in [0.25, 0.3) is 0 Å². The molecule has 4 heterocycles. The zero-order valence-corrected chi connectivity index (χ0v) is 19.7. The number of alkyl halides is 3. The van der Waals surface area contributed by atoms with Gasteiger partial charge in [-0.25, -0.2) is 4.68 Å². The average Bonchev–Trinajstić information content (AvgIpc) is 3.48. The fraction of sp³-hybridized carbons (Fsp3) is 0.542. The SMILES string of the molecule is Cc1cc(N2CC3CCC(C2)C3Nc2nc3n(n2)CCCC3c2ccccc2C(F)(F)F)sn1. The van der Waals surface area contributed by atoms with Crippen molar-refractivity contribution >= 4 is 22.5 Å². The molecule has 3 atom stereocenters. The van der Waals surface area contributed by atoms with E-state index in [1.807, 2.05) is 6.92 Å². The standard InChI is InChI=1S/C24H27F3N6S/c1-14-11-20(34-31-14)32-12-15-8-9-16(13-32)21(15)28-23-29-22-18(6-4-10-33(22)30-23)17-5-2-3-7-19(17)24(25,26)27/h2-3,5,7,11,15-16,18,21H,4,6,8-10,12-13H2,1H3,(H,28,30). The van der Waals surface area contributed by atoms with Crippen molar-refractivity contribution in [2.45, 2.75) is 57.3 Å². The highest BCUT2D eigenvalue weighted by atomic mass is 32.1. The van der Waals surface area contributed by atoms with Gasteiger partial charge in [-0.3, -0.25) is 0 Å². The van der Waals surface area contributed by atoms with Crippen molar-refractivity contribution in [3.05, 3.63) is 53.0 Å². The minimum atomic E-state index is -4.39. The number of nitrogens with zero attached hydrogens (tertiary/aromatic N) is 5. The molecule has 2 fully saturated rings. The van der Waals surface area contributed by atoms with Crippen LogP contribution in [0.3, 0.4) is 0 Å². The maximum absolute atomic E-state index is 13.7. The quantitative estimate of drug-likeness (QED) is 0.539. The van der Waals surface area contributed by atoms with Gasteiger partial charge >= 0.3 is 6.18 Å². The Kier molecular flexibility index (Phi) is 5.31. The molecule has 2 bridgehead atoms. The number of rotatable bonds is 4. The molecule has 6 rings (SSSR count). The molecule has 1 aliphatic carbocycles. The Bertz CT molecular complexity index is 1170. The fourth-order valence-corrected chi connectivity index (χ4v) is 6.83. The lowest BCUT2D eigenvalue weighted by Gasteiger charge is -2.38. The average molecular weight is 489 g/mol. The maximum Gasteiger partial charge on any atom is 0.416 e. The first-order valence-corrected chi connectivity index (χ1v) is 12.7. The molecule has 1 saturated carbocycles. The monoisotopic (exact) mass is 488 g/mol. The highest BCUT2D eigenvalue weighted by molar-refractivity contribution is 7.10. The van der Waals surface area contributed by atoms with Crippen molar-refractivity contribution in [1.29, 1.82) is 0 Å². The smallest absolute Gasteiger partial charge is 0.361 e. The summed E-state index contributed by atoms with van der Waals surface area (Å²) >= 11 is 1.56. The Morgan fingerprint density at radius 3 is 2.56 bits per heavy atom. The Morgan fingerprint density at radius 1 is 1.09 bits per heavy atom. The number of nitrogens with one attached hydrogen (secondary N) is 1. The van der Waals surface area contributed by atoms with Crippen LogP contribution in [0, 0.1) is 18.8 Å². The van der Waals surface area contributed by atoms with Gasteiger partial charge in [0.2, 0.25) is 5.95 Å². The van der Waals surface area contributed by atoms with Crippen molar-refractivity contribution in [3.63, 3.8) is 0 Å². The van der Waals surface area contributed by atoms with Crippen molar-refractivity contribution in [1.82, 2.24) is 19.1 Å². The Hall–Kier alpha value is -2.62. The van der Waals surface area contributed by atoms with E-state index in [1.165, 1.54) is 17.1 Å². The molecule has 6 nitrogen and oxygen atoms in total. The summed E-state index contributed by atoms with van der Waals surface area (Å²) in [6, 6.07) is 8.32. The van der Waals surface area contributed by atoms with E-state index in [0.717, 1.165) is 38.0 Å². The minimum absolute atomic E-state index is 0.288. The molecule has 180 valence electrons. The van der Waals surface area contributed by atoms with Gasteiger partial charge in [0, 0.05) is 31.6 Å². The van der Waals surface area contributed by atoms with Gasteiger partial charge in [0.25, 0.3) is 0 Å². The van der Waals surface area contributed by atoms with Crippen LogP contribution < -0.4 is 10.2 Å². The second kappa shape index (κ2) is 8.25. The maximum atomic E-state index is 13.7. The van der Waals surface area contributed by atoms with Gasteiger partial charge in [0.15, 0.2) is 0 Å². The molecule has 0 amide bonds. The summed E-state index contributed by atoms with van der Waals surface area (Å²) in [5.41, 5.74) is 0.778. The van der Waals surface area contributed by atoms with Crippen LogP contribution >= 0.6 is 11.5 Å². The van der Waals surface area contributed by atoms with Crippen molar-refractivity contribution < 1.29 is 13.2 Å². The molecule has 1 saturated heterocycles. The zero-order chi connectivity index (χ0) is 23.4. The number of aryl methyl sites for hydroxylation is 2. The molecule has 34 heavy (non-hydrogen) atoms. The number of piperidine rings is 1. The normalized spacial score (nSPS) is 26.5. The second-order valence-electron chi connectivity index (χ2n) is 9.78. The predicted molar refractivity (Wildman–Crippen MR) is 125 cm³/mol. The first kappa shape index (κ1) is 21.9. The summed E-state index contributed by atoms with van der Waals surface area (Å²) in [4.78, 5) is 7.20. The van der Waals surface area contributed by atoms with Crippen LogP contribution in [-0.2, 0) is 12.7 Å². The summed E-state index contributed by atoms with van der Waals surface area (Å²) in [6.07, 6.45) is -0.644. The predicted octanol–water partition coefficient (Wildman–Crippen LogP) is 5.31. The van der Waals surface area contributed by atoms with Crippen LogP contribution in [0.4, 0.5) is 24.1 Å². The van der Waals surface area contributed by atoms with Gasteiger partial charge in [0.1, 0.15) is 10.8 Å². The van der Waals surface area contributed by atoms with Crippen LogP contribution in [0.15, 0.2) is 30.3 Å². The van der Waals surface area contributed by atoms with E-state index in [1.54, 1.807) is 28.3 Å². The summed E-state index contributed by atoms with van der Waals surface area (Å²) in [5.74, 6) is 1.76. The molecule has 3 unspecified atom stereocenters. The third-order valence-corrected chi connectivity index (χ3v) is 8.52. The molecule has 3 aliphatic rings. The zero-order valence-electron chi connectivity index (χ0n) is 18.9. The number of hydrogen-bond donors (Lipinski definition) is 1. The number of hydrogen-bond acceptors (Lipinski definition) is 6. The molecule has 3 aromatic rings. The molecule has 1 N–H and O–H groups in total. The van der Waals surface area contributed by atoms with E-state index in [2.05, 4.69) is 25.8 Å². The highest BCUT2D eigenvalue weighted by Crippen LogP contribution is 2.43. The summed E-state index contributed by atoms with van der Waals surface area (Å²) in [5, 5.41) is 9.50. The van der Waals surface area contributed by atoms with E-state index >= 15 is 0 Å². The molecule has 0 spiro atoms. The van der Waals surface area contributed by atoms with Gasteiger partial charge in [-0.1, -0.05) is 18.2 Å². The van der Waals surface area contributed by atoms with Crippen LogP contribution in [0.2, 0.25) is 0 Å². The second-order valence-corrected chi connectivity index (χ2v) is 10.6. The van der Waals surface area contributed by atoms with E-state index in [9.17, 15) is 13.2 Å². The van der Waals surface area contributed by atoms with Gasteiger partial charge in [-0.15, -0.1) is 5.10 Å². The van der Waals surface area contributed by atoms with E-state index in [0.29, 0.717) is 42.1 Å². The largest absolute Gasteiger partial charge is 0.416 e. The molecule has 2 aliphatic heterocycles. The van der Waals surface area contributed by atoms with Gasteiger partial charge < -0.3 is 10.2 Å². The van der Waals surface area contributed by atoms with E-state index in [4.69, 9.17) is 4.98 Å². The third kappa shape index (κ3) is 3.85. The number of fused-ring (bicyclic) bond motifs is 3. The van der Waals surface area contributed by atoms with Gasteiger partial charge in [-0.05, 0) is 73.7 Å². The molecule has 10 heteroatoms. The summed E-state index contributed by atoms with van der Waals surface area (Å²) < 4.78 is 47.3. The summed E-state index contributed by atoms with van der Waals surface area (Å²) in [6.45, 7) is 4.66. The van der Waals surface area contributed by atoms with E-state index < -0.39 is 17.7 Å². The number of aromatic nitrogens is 4. The topological polar surface area (TPSA) is 58.9 Å². The van der Waals surface area contributed by atoms with Gasteiger partial charge in [0.05, 0.1) is 11.3 Å². The Labute approximate surface area is 200 Å². The molecule has 1 aromatic carbocycles. The lowest BCUT2D eigenvalue weighted by molar-refractivity contribution is -0.138. The minimum Gasteiger partial charge on any atom is -0.361 e. The fourth-order valence-electron chi connectivity index (χ4n) is 6.05.